The van der Waals surface area contributed by atoms with Crippen molar-refractivity contribution in [2.75, 3.05) is 25.2 Å². The first-order chi connectivity index (χ1) is 9.61. The molecule has 0 saturated carbocycles. The zero-order chi connectivity index (χ0) is 14.5. The molecule has 0 spiro atoms. The highest BCUT2D eigenvalue weighted by molar-refractivity contribution is 5.60. The van der Waals surface area contributed by atoms with E-state index in [1.54, 1.807) is 0 Å². The van der Waals surface area contributed by atoms with E-state index in [1.807, 2.05) is 19.2 Å². The molecule has 1 unspecified atom stereocenters. The van der Waals surface area contributed by atoms with Gasteiger partial charge in [-0.2, -0.15) is 5.26 Å². The second kappa shape index (κ2) is 6.74. The molecule has 20 heavy (non-hydrogen) atoms. The third-order valence-electron chi connectivity index (χ3n) is 3.73. The minimum atomic E-state index is 0.377. The average Bonchev–Trinajstić information content (AvgIpc) is 2.98. The van der Waals surface area contributed by atoms with Gasteiger partial charge in [-0.15, -0.1) is 0 Å². The van der Waals surface area contributed by atoms with Crippen LogP contribution in [0.5, 0.6) is 0 Å². The van der Waals surface area contributed by atoms with E-state index in [4.69, 9.17) is 4.74 Å². The van der Waals surface area contributed by atoms with Crippen LogP contribution in [-0.4, -0.2) is 32.3 Å². The highest BCUT2D eigenvalue weighted by Gasteiger charge is 2.22. The van der Waals surface area contributed by atoms with Gasteiger partial charge in [-0.05, 0) is 24.1 Å². The summed E-state index contributed by atoms with van der Waals surface area (Å²) < 4.78 is 5.43. The molecule has 1 aliphatic rings. The molecule has 0 aromatic heterocycles. The maximum atomic E-state index is 9.38. The Morgan fingerprint density at radius 3 is 2.90 bits per heavy atom. The van der Waals surface area contributed by atoms with Crippen molar-refractivity contribution in [2.45, 2.75) is 38.9 Å². The Bertz CT molecular complexity index is 487. The Morgan fingerprint density at radius 2 is 2.30 bits per heavy atom. The Hall–Kier alpha value is -1.57. The lowest BCUT2D eigenvalue weighted by atomic mass is 10.1. The third kappa shape index (κ3) is 3.50. The molecule has 1 N–H and O–H groups in total. The standard InChI is InChI=1S/C16H23N3O/c1-12(2)18-10-13-4-5-16(14(8-13)9-17)19(3)15-6-7-20-11-15/h4-5,8,12,15,18H,6-7,10-11H2,1-3H3. The fraction of sp³-hybridized carbons (Fsp3) is 0.562. The van der Waals surface area contributed by atoms with Gasteiger partial charge < -0.3 is 15.0 Å². The lowest BCUT2D eigenvalue weighted by Gasteiger charge is -2.26. The van der Waals surface area contributed by atoms with E-state index in [0.29, 0.717) is 12.1 Å². The summed E-state index contributed by atoms with van der Waals surface area (Å²) in [6, 6.07) is 9.27. The van der Waals surface area contributed by atoms with Gasteiger partial charge in [0.1, 0.15) is 6.07 Å². The minimum Gasteiger partial charge on any atom is -0.379 e. The van der Waals surface area contributed by atoms with Gasteiger partial charge >= 0.3 is 0 Å². The molecular weight excluding hydrogens is 250 g/mol. The van der Waals surface area contributed by atoms with Gasteiger partial charge in [0.05, 0.1) is 23.9 Å². The molecule has 1 saturated heterocycles. The van der Waals surface area contributed by atoms with Crippen LogP contribution >= 0.6 is 0 Å². The van der Waals surface area contributed by atoms with Gasteiger partial charge in [0, 0.05) is 26.2 Å². The molecule has 0 radical (unpaired) electrons. The summed E-state index contributed by atoms with van der Waals surface area (Å²) in [5.74, 6) is 0. The number of likely N-dealkylation sites (N-methyl/N-ethyl adjacent to an activating group) is 1. The van der Waals surface area contributed by atoms with Crippen molar-refractivity contribution >= 4 is 5.69 Å². The second-order valence-corrected chi connectivity index (χ2v) is 5.63. The Kier molecular flexibility index (Phi) is 4.99. The first kappa shape index (κ1) is 14.8. The van der Waals surface area contributed by atoms with Gasteiger partial charge in [0.25, 0.3) is 0 Å². The molecule has 1 fully saturated rings. The van der Waals surface area contributed by atoms with Crippen molar-refractivity contribution in [3.63, 3.8) is 0 Å². The number of nitrogens with zero attached hydrogens (tertiary/aromatic N) is 2. The predicted octanol–water partition coefficient (Wildman–Crippen LogP) is 2.28. The van der Waals surface area contributed by atoms with Crippen LogP contribution in [-0.2, 0) is 11.3 Å². The lowest BCUT2D eigenvalue weighted by molar-refractivity contribution is 0.193. The number of nitriles is 1. The molecule has 2 rings (SSSR count). The summed E-state index contributed by atoms with van der Waals surface area (Å²) >= 11 is 0. The van der Waals surface area contributed by atoms with Gasteiger partial charge in [-0.25, -0.2) is 0 Å². The number of nitrogens with one attached hydrogen (secondary N) is 1. The number of ether oxygens (including phenoxy) is 1. The van der Waals surface area contributed by atoms with Crippen LogP contribution in [0.3, 0.4) is 0 Å². The monoisotopic (exact) mass is 273 g/mol. The van der Waals surface area contributed by atoms with Crippen molar-refractivity contribution < 1.29 is 4.74 Å². The number of anilines is 1. The van der Waals surface area contributed by atoms with E-state index < -0.39 is 0 Å². The highest BCUT2D eigenvalue weighted by atomic mass is 16.5. The van der Waals surface area contributed by atoms with Crippen molar-refractivity contribution in [1.29, 1.82) is 5.26 Å². The summed E-state index contributed by atoms with van der Waals surface area (Å²) in [4.78, 5) is 2.17. The molecule has 0 aliphatic carbocycles. The molecular formula is C16H23N3O. The van der Waals surface area contributed by atoms with Crippen LogP contribution in [0.4, 0.5) is 5.69 Å². The van der Waals surface area contributed by atoms with Crippen LogP contribution < -0.4 is 10.2 Å². The van der Waals surface area contributed by atoms with Crippen LogP contribution in [0.2, 0.25) is 0 Å². The van der Waals surface area contributed by atoms with Crippen molar-refractivity contribution in [3.8, 4) is 6.07 Å². The maximum Gasteiger partial charge on any atom is 0.101 e. The summed E-state index contributed by atoms with van der Waals surface area (Å²) in [7, 11) is 2.04. The summed E-state index contributed by atoms with van der Waals surface area (Å²) in [5.41, 5.74) is 2.88. The van der Waals surface area contributed by atoms with Crippen LogP contribution in [0.25, 0.3) is 0 Å². The summed E-state index contributed by atoms with van der Waals surface area (Å²) in [6.07, 6.45) is 1.03. The molecule has 4 heteroatoms. The van der Waals surface area contributed by atoms with Gasteiger partial charge in [0.15, 0.2) is 0 Å². The molecule has 1 heterocycles. The maximum absolute atomic E-state index is 9.38. The van der Waals surface area contributed by atoms with E-state index in [1.165, 1.54) is 0 Å². The molecule has 1 atom stereocenters. The SMILES string of the molecule is CC(C)NCc1ccc(N(C)C2CCOC2)c(C#N)c1. The Labute approximate surface area is 121 Å². The largest absolute Gasteiger partial charge is 0.379 e. The van der Waals surface area contributed by atoms with E-state index in [-0.39, 0.29) is 0 Å². The number of rotatable bonds is 5. The minimum absolute atomic E-state index is 0.377. The fourth-order valence-corrected chi connectivity index (χ4v) is 2.44. The van der Waals surface area contributed by atoms with E-state index in [0.717, 1.165) is 43.0 Å². The summed E-state index contributed by atoms with van der Waals surface area (Å²) in [5, 5.41) is 12.8. The first-order valence-corrected chi connectivity index (χ1v) is 7.18. The van der Waals surface area contributed by atoms with E-state index >= 15 is 0 Å². The molecule has 0 bridgehead atoms. The van der Waals surface area contributed by atoms with Gasteiger partial charge in [0.2, 0.25) is 0 Å². The fourth-order valence-electron chi connectivity index (χ4n) is 2.44. The highest BCUT2D eigenvalue weighted by Crippen LogP contribution is 2.25. The van der Waals surface area contributed by atoms with Crippen LogP contribution in [0.15, 0.2) is 18.2 Å². The molecule has 1 aliphatic heterocycles. The first-order valence-electron chi connectivity index (χ1n) is 7.18. The normalized spacial score (nSPS) is 18.2. The topological polar surface area (TPSA) is 48.3 Å². The molecule has 0 amide bonds. The second-order valence-electron chi connectivity index (χ2n) is 5.63. The Morgan fingerprint density at radius 1 is 1.50 bits per heavy atom. The zero-order valence-corrected chi connectivity index (χ0v) is 12.5. The third-order valence-corrected chi connectivity index (χ3v) is 3.73. The quantitative estimate of drug-likeness (QED) is 0.894. The van der Waals surface area contributed by atoms with E-state index in [9.17, 15) is 5.26 Å². The summed E-state index contributed by atoms with van der Waals surface area (Å²) in [6.45, 7) is 6.59. The number of benzene rings is 1. The predicted molar refractivity (Wildman–Crippen MR) is 80.8 cm³/mol. The van der Waals surface area contributed by atoms with Crippen molar-refractivity contribution in [3.05, 3.63) is 29.3 Å². The smallest absolute Gasteiger partial charge is 0.101 e. The molecule has 1 aromatic carbocycles. The van der Waals surface area contributed by atoms with Crippen LogP contribution in [0, 0.1) is 11.3 Å². The van der Waals surface area contributed by atoms with Gasteiger partial charge in [-0.1, -0.05) is 19.9 Å². The number of hydrogen-bond acceptors (Lipinski definition) is 4. The van der Waals surface area contributed by atoms with Crippen molar-refractivity contribution in [1.82, 2.24) is 5.32 Å². The average molecular weight is 273 g/mol. The van der Waals surface area contributed by atoms with E-state index in [2.05, 4.69) is 36.2 Å². The molecule has 4 nitrogen and oxygen atoms in total. The van der Waals surface area contributed by atoms with Crippen LogP contribution in [0.1, 0.15) is 31.4 Å². The van der Waals surface area contributed by atoms with Gasteiger partial charge in [-0.3, -0.25) is 0 Å². The molecule has 1 aromatic rings. The molecule has 108 valence electrons. The van der Waals surface area contributed by atoms with Crippen molar-refractivity contribution in [2.24, 2.45) is 0 Å². The lowest BCUT2D eigenvalue weighted by Crippen LogP contribution is -2.32. The number of hydrogen-bond donors (Lipinski definition) is 1. The Balaban J connectivity index is 2.15. The zero-order valence-electron chi connectivity index (χ0n) is 12.5.